The van der Waals surface area contributed by atoms with E-state index in [1.165, 1.54) is 0 Å². The molecule has 0 aliphatic carbocycles. The third-order valence-electron chi connectivity index (χ3n) is 1.47. The van der Waals surface area contributed by atoms with Crippen LogP contribution in [0.5, 0.6) is 0 Å². The van der Waals surface area contributed by atoms with Gasteiger partial charge in [-0.15, -0.1) is 0 Å². The molecule has 1 rings (SSSR count). The minimum Gasteiger partial charge on any atom is -0.298 e. The predicted octanol–water partition coefficient (Wildman–Crippen LogP) is 2.55. The number of hydrogen-bond donors (Lipinski definition) is 0. The van der Waals surface area contributed by atoms with Gasteiger partial charge in [0, 0.05) is 3.57 Å². The van der Waals surface area contributed by atoms with Crippen molar-refractivity contribution in [2.24, 2.45) is 0 Å². The fourth-order valence-electron chi connectivity index (χ4n) is 0.808. The summed E-state index contributed by atoms with van der Waals surface area (Å²) in [5, 5.41) is 0. The van der Waals surface area contributed by atoms with E-state index in [2.05, 4.69) is 0 Å². The number of aldehydes is 1. The lowest BCUT2D eigenvalue weighted by molar-refractivity contribution is 0.111. The Kier molecular flexibility index (Phi) is 2.59. The molecule has 0 radical (unpaired) electrons. The van der Waals surface area contributed by atoms with Crippen molar-refractivity contribution in [1.82, 2.24) is 0 Å². The zero-order valence-corrected chi connectivity index (χ0v) is 8.05. The molecular weight excluding hydrogens is 258 g/mol. The van der Waals surface area contributed by atoms with Crippen LogP contribution in [0.2, 0.25) is 0 Å². The second kappa shape index (κ2) is 3.30. The molecule has 0 saturated carbocycles. The molecule has 0 bridgehead atoms. The number of carbonyl (C=O) groups is 1. The molecule has 0 heterocycles. The minimum absolute atomic E-state index is 0.164. The van der Waals surface area contributed by atoms with Crippen molar-refractivity contribution in [2.45, 2.75) is 6.92 Å². The smallest absolute Gasteiger partial charge is 0.153 e. The Hall–Kier alpha value is -0.450. The first-order valence-corrected chi connectivity index (χ1v) is 4.14. The van der Waals surface area contributed by atoms with Crippen LogP contribution < -0.4 is 0 Å². The van der Waals surface area contributed by atoms with Crippen LogP contribution in [0.15, 0.2) is 12.1 Å². The molecule has 11 heavy (non-hydrogen) atoms. The topological polar surface area (TPSA) is 17.1 Å². The van der Waals surface area contributed by atoms with Gasteiger partial charge in [0.1, 0.15) is 5.82 Å². The summed E-state index contributed by atoms with van der Waals surface area (Å²) in [6, 6.07) is 3.38. The quantitative estimate of drug-likeness (QED) is 0.562. The van der Waals surface area contributed by atoms with Gasteiger partial charge in [0.25, 0.3) is 0 Å². The SMILES string of the molecule is Cc1ccc(I)c(F)c1C=O. The third kappa shape index (κ3) is 1.58. The van der Waals surface area contributed by atoms with Crippen molar-refractivity contribution in [3.8, 4) is 0 Å². The number of aryl methyl sites for hydroxylation is 1. The van der Waals surface area contributed by atoms with Crippen molar-refractivity contribution in [1.29, 1.82) is 0 Å². The van der Waals surface area contributed by atoms with E-state index in [4.69, 9.17) is 0 Å². The normalized spacial score (nSPS) is 9.73. The summed E-state index contributed by atoms with van der Waals surface area (Å²) in [5.74, 6) is -0.416. The second-order valence-corrected chi connectivity index (χ2v) is 3.37. The van der Waals surface area contributed by atoms with E-state index in [1.54, 1.807) is 19.1 Å². The van der Waals surface area contributed by atoms with Crippen LogP contribution in [0.3, 0.4) is 0 Å². The van der Waals surface area contributed by atoms with Crippen LogP contribution in [0.25, 0.3) is 0 Å². The van der Waals surface area contributed by atoms with Gasteiger partial charge in [-0.25, -0.2) is 4.39 Å². The summed E-state index contributed by atoms with van der Waals surface area (Å²) in [4.78, 5) is 10.4. The molecule has 0 spiro atoms. The average molecular weight is 264 g/mol. The van der Waals surface area contributed by atoms with E-state index in [-0.39, 0.29) is 5.56 Å². The maximum absolute atomic E-state index is 13.0. The monoisotopic (exact) mass is 264 g/mol. The Balaban J connectivity index is 3.40. The van der Waals surface area contributed by atoms with Gasteiger partial charge in [-0.2, -0.15) is 0 Å². The highest BCUT2D eigenvalue weighted by atomic mass is 127. The Morgan fingerprint density at radius 3 is 2.64 bits per heavy atom. The molecule has 1 aromatic rings. The molecule has 1 nitrogen and oxygen atoms in total. The van der Waals surface area contributed by atoms with Crippen LogP contribution in [0.4, 0.5) is 4.39 Å². The van der Waals surface area contributed by atoms with E-state index in [9.17, 15) is 9.18 Å². The van der Waals surface area contributed by atoms with E-state index in [1.807, 2.05) is 22.6 Å². The van der Waals surface area contributed by atoms with Gasteiger partial charge < -0.3 is 0 Å². The van der Waals surface area contributed by atoms with Crippen molar-refractivity contribution >= 4 is 28.9 Å². The van der Waals surface area contributed by atoms with Crippen molar-refractivity contribution in [2.75, 3.05) is 0 Å². The van der Waals surface area contributed by atoms with Gasteiger partial charge in [-0.3, -0.25) is 4.79 Å². The third-order valence-corrected chi connectivity index (χ3v) is 2.30. The lowest BCUT2D eigenvalue weighted by atomic mass is 10.1. The molecule has 3 heteroatoms. The maximum atomic E-state index is 13.0. The molecule has 0 aliphatic heterocycles. The molecule has 0 N–H and O–H groups in total. The van der Waals surface area contributed by atoms with Crippen LogP contribution >= 0.6 is 22.6 Å². The number of benzene rings is 1. The first kappa shape index (κ1) is 8.64. The Labute approximate surface area is 77.8 Å². The average Bonchev–Trinajstić information content (AvgIpc) is 1.99. The van der Waals surface area contributed by atoms with E-state index in [0.29, 0.717) is 15.4 Å². The van der Waals surface area contributed by atoms with Crippen LogP contribution in [0.1, 0.15) is 15.9 Å². The van der Waals surface area contributed by atoms with E-state index in [0.717, 1.165) is 0 Å². The zero-order chi connectivity index (χ0) is 8.43. The molecule has 0 atom stereocenters. The van der Waals surface area contributed by atoms with Crippen LogP contribution in [-0.2, 0) is 0 Å². The molecule has 0 fully saturated rings. The van der Waals surface area contributed by atoms with Crippen molar-refractivity contribution in [3.05, 3.63) is 32.6 Å². The van der Waals surface area contributed by atoms with Crippen molar-refractivity contribution in [3.63, 3.8) is 0 Å². The van der Waals surface area contributed by atoms with E-state index < -0.39 is 5.82 Å². The summed E-state index contributed by atoms with van der Waals surface area (Å²) < 4.78 is 13.5. The number of carbonyl (C=O) groups excluding carboxylic acids is 1. The predicted molar refractivity (Wildman–Crippen MR) is 49.2 cm³/mol. The molecule has 0 aromatic heterocycles. The van der Waals surface area contributed by atoms with Gasteiger partial charge in [-0.05, 0) is 41.1 Å². The summed E-state index contributed by atoms with van der Waals surface area (Å²) in [5.41, 5.74) is 0.842. The number of hydrogen-bond acceptors (Lipinski definition) is 1. The zero-order valence-electron chi connectivity index (χ0n) is 5.90. The lowest BCUT2D eigenvalue weighted by Gasteiger charge is -2.00. The van der Waals surface area contributed by atoms with Gasteiger partial charge >= 0.3 is 0 Å². The van der Waals surface area contributed by atoms with Crippen LogP contribution in [0, 0.1) is 16.3 Å². The molecule has 58 valence electrons. The highest BCUT2D eigenvalue weighted by molar-refractivity contribution is 14.1. The van der Waals surface area contributed by atoms with Crippen molar-refractivity contribution < 1.29 is 9.18 Å². The van der Waals surface area contributed by atoms with Crippen LogP contribution in [-0.4, -0.2) is 6.29 Å². The minimum atomic E-state index is -0.416. The highest BCUT2D eigenvalue weighted by Gasteiger charge is 2.07. The van der Waals surface area contributed by atoms with Gasteiger partial charge in [0.05, 0.1) is 5.56 Å². The standard InChI is InChI=1S/C8H6FIO/c1-5-2-3-7(10)8(9)6(5)4-11/h2-4H,1H3. The van der Waals surface area contributed by atoms with Gasteiger partial charge in [-0.1, -0.05) is 6.07 Å². The Bertz CT molecular complexity index is 296. The molecule has 0 aliphatic rings. The Morgan fingerprint density at radius 2 is 2.18 bits per heavy atom. The summed E-state index contributed by atoms with van der Waals surface area (Å²) >= 11 is 1.86. The summed E-state index contributed by atoms with van der Waals surface area (Å²) in [6.07, 6.45) is 0.548. The first-order chi connectivity index (χ1) is 5.16. The first-order valence-electron chi connectivity index (χ1n) is 3.06. The molecule has 0 unspecified atom stereocenters. The second-order valence-electron chi connectivity index (χ2n) is 2.21. The molecule has 0 saturated heterocycles. The molecule has 0 amide bonds. The summed E-state index contributed by atoms with van der Waals surface area (Å²) in [6.45, 7) is 1.71. The van der Waals surface area contributed by atoms with Gasteiger partial charge in [0.2, 0.25) is 0 Å². The molecular formula is C8H6FIO. The van der Waals surface area contributed by atoms with Gasteiger partial charge in [0.15, 0.2) is 6.29 Å². The number of halogens is 2. The number of rotatable bonds is 1. The fourth-order valence-corrected chi connectivity index (χ4v) is 1.28. The van der Waals surface area contributed by atoms with E-state index >= 15 is 0 Å². The fraction of sp³-hybridized carbons (Fsp3) is 0.125. The maximum Gasteiger partial charge on any atom is 0.153 e. The lowest BCUT2D eigenvalue weighted by Crippen LogP contribution is -1.94. The summed E-state index contributed by atoms with van der Waals surface area (Å²) in [7, 11) is 0. The highest BCUT2D eigenvalue weighted by Crippen LogP contribution is 2.16. The molecule has 1 aromatic carbocycles. The Morgan fingerprint density at radius 1 is 1.55 bits per heavy atom. The largest absolute Gasteiger partial charge is 0.298 e.